The van der Waals surface area contributed by atoms with Gasteiger partial charge in [0.2, 0.25) is 0 Å². The number of hydrogen-bond acceptors (Lipinski definition) is 3. The van der Waals surface area contributed by atoms with Gasteiger partial charge in [0.05, 0.1) is 12.3 Å². The van der Waals surface area contributed by atoms with E-state index < -0.39 is 5.76 Å². The Hall–Kier alpha value is -1.33. The fourth-order valence-corrected chi connectivity index (χ4v) is 2.62. The van der Waals surface area contributed by atoms with Crippen molar-refractivity contribution in [3.8, 4) is 0 Å². The van der Waals surface area contributed by atoms with Crippen molar-refractivity contribution in [2.75, 3.05) is 0 Å². The average Bonchev–Trinajstić information content (AvgIpc) is 2.91. The van der Waals surface area contributed by atoms with Crippen molar-refractivity contribution in [3.05, 3.63) is 59.0 Å². The summed E-state index contributed by atoms with van der Waals surface area (Å²) in [6.45, 7) is 4.76. The highest BCUT2D eigenvalue weighted by Gasteiger charge is 2.10. The van der Waals surface area contributed by atoms with Crippen molar-refractivity contribution in [2.24, 2.45) is 0 Å². The molecule has 0 saturated heterocycles. The zero-order valence-corrected chi connectivity index (χ0v) is 12.9. The van der Waals surface area contributed by atoms with Gasteiger partial charge < -0.3 is 9.73 Å². The zero-order valence-electron chi connectivity index (χ0n) is 12.1. The molecule has 1 aromatic heterocycles. The van der Waals surface area contributed by atoms with Crippen LogP contribution in [0.15, 0.2) is 40.8 Å². The molecule has 114 valence electrons. The third-order valence-electron chi connectivity index (χ3n) is 3.31. The lowest BCUT2D eigenvalue weighted by atomic mass is 10.0. The van der Waals surface area contributed by atoms with Crippen molar-refractivity contribution in [2.45, 2.75) is 37.9 Å². The van der Waals surface area contributed by atoms with E-state index in [0.717, 1.165) is 5.76 Å². The molecule has 0 amide bonds. The highest BCUT2D eigenvalue weighted by Crippen LogP contribution is 2.22. The maximum absolute atomic E-state index is 12.1. The Morgan fingerprint density at radius 1 is 1.14 bits per heavy atom. The van der Waals surface area contributed by atoms with Crippen LogP contribution in [-0.2, 0) is 12.3 Å². The average molecular weight is 311 g/mol. The van der Waals surface area contributed by atoms with Crippen LogP contribution in [0.3, 0.4) is 0 Å². The van der Waals surface area contributed by atoms with Crippen molar-refractivity contribution in [1.82, 2.24) is 5.32 Å². The maximum atomic E-state index is 12.1. The minimum atomic E-state index is -2.36. The molecule has 5 heteroatoms. The molecule has 0 aliphatic carbocycles. The molecule has 1 unspecified atom stereocenters. The fourth-order valence-electron chi connectivity index (χ4n) is 2.18. The molecule has 1 aromatic carbocycles. The summed E-state index contributed by atoms with van der Waals surface area (Å²) >= 11 is 0.573. The van der Waals surface area contributed by atoms with E-state index in [1.54, 1.807) is 6.07 Å². The number of aryl methyl sites for hydroxylation is 1. The summed E-state index contributed by atoms with van der Waals surface area (Å²) in [6, 6.07) is 12.0. The molecule has 0 spiro atoms. The highest BCUT2D eigenvalue weighted by atomic mass is 32.2. The Kier molecular flexibility index (Phi) is 5.82. The van der Waals surface area contributed by atoms with Crippen molar-refractivity contribution < 1.29 is 13.2 Å². The summed E-state index contributed by atoms with van der Waals surface area (Å²) in [6.07, 6.45) is 0. The van der Waals surface area contributed by atoms with Crippen molar-refractivity contribution in [3.63, 3.8) is 0 Å². The van der Waals surface area contributed by atoms with Gasteiger partial charge in [0, 0.05) is 6.04 Å². The summed E-state index contributed by atoms with van der Waals surface area (Å²) < 4.78 is 29.8. The highest BCUT2D eigenvalue weighted by molar-refractivity contribution is 7.98. The lowest BCUT2D eigenvalue weighted by molar-refractivity contribution is 0.251. The summed E-state index contributed by atoms with van der Waals surface area (Å²) in [7, 11) is 0. The quantitative estimate of drug-likeness (QED) is 0.787. The molecular formula is C16H19F2NOS. The molecule has 0 bridgehead atoms. The predicted octanol–water partition coefficient (Wildman–Crippen LogP) is 4.89. The number of rotatable bonds is 7. The first-order valence-electron chi connectivity index (χ1n) is 6.82. The first-order chi connectivity index (χ1) is 10.1. The monoisotopic (exact) mass is 311 g/mol. The molecule has 2 nitrogen and oxygen atoms in total. The number of hydrogen-bond donors (Lipinski definition) is 1. The lowest BCUT2D eigenvalue weighted by Crippen LogP contribution is -2.18. The van der Waals surface area contributed by atoms with E-state index in [1.165, 1.54) is 11.1 Å². The second-order valence-electron chi connectivity index (χ2n) is 4.90. The van der Waals surface area contributed by atoms with Crippen LogP contribution >= 0.6 is 11.8 Å². The van der Waals surface area contributed by atoms with Gasteiger partial charge in [0.25, 0.3) is 5.76 Å². The van der Waals surface area contributed by atoms with Gasteiger partial charge in [0.1, 0.15) is 11.5 Å². The number of thioether (sulfide) groups is 1. The van der Waals surface area contributed by atoms with E-state index in [2.05, 4.69) is 31.3 Å². The van der Waals surface area contributed by atoms with Crippen LogP contribution in [0.4, 0.5) is 8.78 Å². The number of furan rings is 1. The zero-order chi connectivity index (χ0) is 15.2. The lowest BCUT2D eigenvalue weighted by Gasteiger charge is -2.15. The van der Waals surface area contributed by atoms with Gasteiger partial charge in [-0.2, -0.15) is 8.78 Å². The summed E-state index contributed by atoms with van der Waals surface area (Å²) in [5.74, 6) is -0.816. The van der Waals surface area contributed by atoms with E-state index in [0.29, 0.717) is 24.1 Å². The van der Waals surface area contributed by atoms with E-state index in [9.17, 15) is 8.78 Å². The van der Waals surface area contributed by atoms with Crippen LogP contribution in [0.1, 0.15) is 35.6 Å². The minimum absolute atomic E-state index is 0.199. The summed E-state index contributed by atoms with van der Waals surface area (Å²) in [5, 5.41) is 3.39. The maximum Gasteiger partial charge on any atom is 0.284 e. The van der Waals surface area contributed by atoms with Crippen LogP contribution in [0.5, 0.6) is 0 Å². The second-order valence-corrected chi connectivity index (χ2v) is 5.88. The minimum Gasteiger partial charge on any atom is -0.464 e. The largest absolute Gasteiger partial charge is 0.464 e. The topological polar surface area (TPSA) is 25.2 Å². The van der Waals surface area contributed by atoms with Gasteiger partial charge in [-0.3, -0.25) is 0 Å². The normalized spacial score (nSPS) is 12.8. The smallest absolute Gasteiger partial charge is 0.284 e. The number of halogens is 2. The van der Waals surface area contributed by atoms with Gasteiger partial charge >= 0.3 is 0 Å². The Morgan fingerprint density at radius 2 is 1.86 bits per heavy atom. The molecule has 0 radical (unpaired) electrons. The number of nitrogens with one attached hydrogen (secondary N) is 1. The Balaban J connectivity index is 1.87. The molecule has 1 heterocycles. The fraction of sp³-hybridized carbons (Fsp3) is 0.375. The van der Waals surface area contributed by atoms with Gasteiger partial charge in [0.15, 0.2) is 0 Å². The first-order valence-corrected chi connectivity index (χ1v) is 7.87. The molecule has 0 fully saturated rings. The molecule has 21 heavy (non-hydrogen) atoms. The number of benzene rings is 1. The molecule has 0 aliphatic heterocycles. The molecule has 0 aliphatic rings. The summed E-state index contributed by atoms with van der Waals surface area (Å²) in [5.41, 5.74) is 2.49. The Morgan fingerprint density at radius 3 is 2.57 bits per heavy atom. The van der Waals surface area contributed by atoms with E-state index in [4.69, 9.17) is 4.42 Å². The molecule has 2 rings (SSSR count). The molecule has 2 aromatic rings. The van der Waals surface area contributed by atoms with Crippen LogP contribution in [0.2, 0.25) is 0 Å². The van der Waals surface area contributed by atoms with Crippen LogP contribution in [-0.4, -0.2) is 5.76 Å². The van der Waals surface area contributed by atoms with E-state index in [-0.39, 0.29) is 11.8 Å². The molecule has 1 N–H and O–H groups in total. The second kappa shape index (κ2) is 7.61. The van der Waals surface area contributed by atoms with Gasteiger partial charge in [-0.05, 0) is 37.1 Å². The van der Waals surface area contributed by atoms with Gasteiger partial charge in [-0.25, -0.2) is 0 Å². The van der Waals surface area contributed by atoms with Gasteiger partial charge in [-0.15, -0.1) is 0 Å². The molecule has 0 saturated carbocycles. The van der Waals surface area contributed by atoms with Crippen LogP contribution in [0.25, 0.3) is 0 Å². The molecule has 1 atom stereocenters. The van der Waals surface area contributed by atoms with Crippen molar-refractivity contribution in [1.29, 1.82) is 0 Å². The SMILES string of the molecule is Cc1ccccc1C(C)NCc1ccc(CSC(F)F)o1. The van der Waals surface area contributed by atoms with E-state index >= 15 is 0 Å². The van der Waals surface area contributed by atoms with E-state index in [1.807, 2.05) is 18.2 Å². The summed E-state index contributed by atoms with van der Waals surface area (Å²) in [4.78, 5) is 0. The Bertz CT molecular complexity index is 571. The molecular weight excluding hydrogens is 292 g/mol. The third kappa shape index (κ3) is 4.86. The van der Waals surface area contributed by atoms with Crippen molar-refractivity contribution >= 4 is 11.8 Å². The van der Waals surface area contributed by atoms with Crippen LogP contribution in [0, 0.1) is 6.92 Å². The standard InChI is InChI=1S/C16H19F2NOS/c1-11-5-3-4-6-15(11)12(2)19-9-13-7-8-14(20-13)10-21-16(17)18/h3-8,12,16,19H,9-10H2,1-2H3. The third-order valence-corrected chi connectivity index (χ3v) is 4.01. The van der Waals surface area contributed by atoms with Crippen LogP contribution < -0.4 is 5.32 Å². The number of alkyl halides is 2. The predicted molar refractivity (Wildman–Crippen MR) is 82.4 cm³/mol. The first kappa shape index (κ1) is 16.0. The Labute approximate surface area is 127 Å². The van der Waals surface area contributed by atoms with Gasteiger partial charge in [-0.1, -0.05) is 36.0 Å².